The number of rotatable bonds is 10. The zero-order valence-corrected chi connectivity index (χ0v) is 22.6. The van der Waals surface area contributed by atoms with Gasteiger partial charge in [-0.25, -0.2) is 0 Å². The first-order valence-corrected chi connectivity index (χ1v) is 12.3. The fraction of sp³-hybridized carbons (Fsp3) is 0.690. The maximum Gasteiger partial charge on any atom is 0.319 e. The first-order valence-electron chi connectivity index (χ1n) is 12.3. The molecule has 0 unspecified atom stereocenters. The van der Waals surface area contributed by atoms with E-state index in [0.29, 0.717) is 6.42 Å². The molecular weight excluding hydrogens is 412 g/mol. The Morgan fingerprint density at radius 1 is 1.00 bits per heavy atom. The van der Waals surface area contributed by atoms with Crippen LogP contribution in [0.3, 0.4) is 0 Å². The molecule has 1 saturated carbocycles. The third kappa shape index (κ3) is 6.77. The van der Waals surface area contributed by atoms with E-state index in [1.807, 2.05) is 33.8 Å². The summed E-state index contributed by atoms with van der Waals surface area (Å²) in [6.07, 6.45) is 9.24. The summed E-state index contributed by atoms with van der Waals surface area (Å²) in [5, 5.41) is 0. The average Bonchev–Trinajstić information content (AvgIpc) is 2.71. The minimum absolute atomic E-state index is 0.00743. The minimum atomic E-state index is -1.32. The quantitative estimate of drug-likeness (QED) is 0.200. The lowest BCUT2D eigenvalue weighted by Crippen LogP contribution is -2.59. The topological polar surface area (TPSA) is 60.4 Å². The number of hydrogen-bond donors (Lipinski definition) is 0. The highest BCUT2D eigenvalue weighted by atomic mass is 16.5. The van der Waals surface area contributed by atoms with Gasteiger partial charge in [-0.15, -0.1) is 0 Å². The molecule has 0 aliphatic heterocycles. The molecule has 33 heavy (non-hydrogen) atoms. The lowest BCUT2D eigenvalue weighted by Gasteiger charge is -2.52. The van der Waals surface area contributed by atoms with Gasteiger partial charge >= 0.3 is 5.97 Å². The Bertz CT molecular complexity index is 817. The van der Waals surface area contributed by atoms with E-state index in [4.69, 9.17) is 4.74 Å². The highest BCUT2D eigenvalue weighted by molar-refractivity contribution is 6.14. The van der Waals surface area contributed by atoms with E-state index in [0.717, 1.165) is 24.8 Å². The lowest BCUT2D eigenvalue weighted by molar-refractivity contribution is -0.172. The van der Waals surface area contributed by atoms with Crippen LogP contribution < -0.4 is 0 Å². The number of ether oxygens (including phenoxy) is 1. The Labute approximate surface area is 201 Å². The maximum absolute atomic E-state index is 14.2. The fourth-order valence-corrected chi connectivity index (χ4v) is 5.13. The SMILES string of the molecule is COC(=O)[C@]1(CC=C(C)C)C[C@H](CC=C(C)C)[C@@](C)(CCC=C(C)C)[C@H](C(=O)C(C)C)C1=O. The van der Waals surface area contributed by atoms with Gasteiger partial charge in [-0.2, -0.15) is 0 Å². The molecule has 4 atom stereocenters. The predicted molar refractivity (Wildman–Crippen MR) is 136 cm³/mol. The van der Waals surface area contributed by atoms with Crippen LogP contribution in [0.1, 0.15) is 94.4 Å². The summed E-state index contributed by atoms with van der Waals surface area (Å²) in [6, 6.07) is 0. The summed E-state index contributed by atoms with van der Waals surface area (Å²) in [6.45, 7) is 18.0. The molecule has 0 aromatic rings. The molecule has 186 valence electrons. The van der Waals surface area contributed by atoms with Crippen LogP contribution in [0.4, 0.5) is 0 Å². The van der Waals surface area contributed by atoms with Crippen LogP contribution in [-0.4, -0.2) is 24.6 Å². The Balaban J connectivity index is 3.79. The zero-order valence-electron chi connectivity index (χ0n) is 22.6. The molecule has 0 aromatic carbocycles. The van der Waals surface area contributed by atoms with Crippen molar-refractivity contribution in [2.24, 2.45) is 28.6 Å². The van der Waals surface area contributed by atoms with Crippen molar-refractivity contribution in [3.8, 4) is 0 Å². The third-order valence-electron chi connectivity index (χ3n) is 7.26. The molecule has 0 amide bonds. The summed E-state index contributed by atoms with van der Waals surface area (Å²) in [5.41, 5.74) is 1.60. The van der Waals surface area contributed by atoms with Gasteiger partial charge in [-0.1, -0.05) is 55.7 Å². The lowest BCUT2D eigenvalue weighted by atomic mass is 9.49. The van der Waals surface area contributed by atoms with Gasteiger partial charge in [0.15, 0.2) is 5.78 Å². The Morgan fingerprint density at radius 3 is 2.00 bits per heavy atom. The number of methoxy groups -OCH3 is 1. The van der Waals surface area contributed by atoms with Gasteiger partial charge in [-0.05, 0) is 85.0 Å². The van der Waals surface area contributed by atoms with Crippen LogP contribution in [0.25, 0.3) is 0 Å². The van der Waals surface area contributed by atoms with E-state index in [9.17, 15) is 14.4 Å². The third-order valence-corrected chi connectivity index (χ3v) is 7.26. The number of esters is 1. The Morgan fingerprint density at radius 2 is 1.55 bits per heavy atom. The van der Waals surface area contributed by atoms with Crippen LogP contribution >= 0.6 is 0 Å². The summed E-state index contributed by atoms with van der Waals surface area (Å²) >= 11 is 0. The van der Waals surface area contributed by atoms with Gasteiger partial charge < -0.3 is 4.74 Å². The molecule has 0 saturated heterocycles. The van der Waals surface area contributed by atoms with Gasteiger partial charge in [0.2, 0.25) is 0 Å². The molecule has 4 heteroatoms. The molecule has 1 aliphatic rings. The number of allylic oxidation sites excluding steroid dienone is 6. The predicted octanol–water partition coefficient (Wildman–Crippen LogP) is 7.04. The van der Waals surface area contributed by atoms with Crippen LogP contribution in [0.2, 0.25) is 0 Å². The van der Waals surface area contributed by atoms with Crippen LogP contribution in [0, 0.1) is 28.6 Å². The number of carbonyl (C=O) groups excluding carboxylic acids is 3. The Kier molecular flexibility index (Phi) is 10.5. The van der Waals surface area contributed by atoms with Gasteiger partial charge in [0.25, 0.3) is 0 Å². The molecule has 0 bridgehead atoms. The molecule has 1 rings (SSSR count). The molecule has 0 N–H and O–H groups in total. The van der Waals surface area contributed by atoms with Crippen molar-refractivity contribution in [3.63, 3.8) is 0 Å². The minimum Gasteiger partial charge on any atom is -0.468 e. The summed E-state index contributed by atoms with van der Waals surface area (Å²) < 4.78 is 5.21. The van der Waals surface area contributed by atoms with E-state index in [1.165, 1.54) is 18.3 Å². The summed E-state index contributed by atoms with van der Waals surface area (Å²) in [5.74, 6) is -1.93. The Hall–Kier alpha value is -1.97. The van der Waals surface area contributed by atoms with Crippen LogP contribution in [0.5, 0.6) is 0 Å². The van der Waals surface area contributed by atoms with Gasteiger partial charge in [-0.3, -0.25) is 14.4 Å². The number of hydrogen-bond acceptors (Lipinski definition) is 4. The van der Waals surface area contributed by atoms with E-state index in [2.05, 4.69) is 46.8 Å². The monoisotopic (exact) mass is 458 g/mol. The summed E-state index contributed by atoms with van der Waals surface area (Å²) in [7, 11) is 1.34. The second-order valence-electron chi connectivity index (χ2n) is 11.2. The van der Waals surface area contributed by atoms with E-state index >= 15 is 0 Å². The first-order chi connectivity index (χ1) is 15.2. The van der Waals surface area contributed by atoms with Crippen molar-refractivity contribution in [1.29, 1.82) is 0 Å². The highest BCUT2D eigenvalue weighted by Crippen LogP contribution is 2.56. The van der Waals surface area contributed by atoms with Gasteiger partial charge in [0.1, 0.15) is 11.2 Å². The smallest absolute Gasteiger partial charge is 0.319 e. The molecule has 1 fully saturated rings. The first kappa shape index (κ1) is 29.1. The van der Waals surface area contributed by atoms with Crippen molar-refractivity contribution in [2.45, 2.75) is 94.4 Å². The average molecular weight is 459 g/mol. The van der Waals surface area contributed by atoms with E-state index in [1.54, 1.807) is 0 Å². The number of ketones is 2. The second-order valence-corrected chi connectivity index (χ2v) is 11.2. The zero-order chi connectivity index (χ0) is 25.6. The molecule has 0 radical (unpaired) electrons. The van der Waals surface area contributed by atoms with E-state index < -0.39 is 22.7 Å². The molecular formula is C29H46O4. The van der Waals surface area contributed by atoms with Gasteiger partial charge in [0.05, 0.1) is 13.0 Å². The largest absolute Gasteiger partial charge is 0.468 e. The number of Topliss-reactive ketones (excluding diaryl/α,β-unsaturated/α-hetero) is 2. The summed E-state index contributed by atoms with van der Waals surface area (Å²) in [4.78, 5) is 41.1. The second kappa shape index (κ2) is 11.9. The van der Waals surface area contributed by atoms with Crippen molar-refractivity contribution in [2.75, 3.05) is 7.11 Å². The van der Waals surface area contributed by atoms with Crippen molar-refractivity contribution in [1.82, 2.24) is 0 Å². The standard InChI is InChI=1S/C29H46O4/c1-19(2)12-11-16-28(9)23(14-13-20(3)4)18-29(27(32)33-10,17-15-21(5)6)26(31)24(28)25(30)22(7)8/h12-13,15,22-24H,11,14,16-18H2,1-10H3/t23-,24+,28+,29+/m0/s1. The molecule has 4 nitrogen and oxygen atoms in total. The molecule has 0 aromatic heterocycles. The highest BCUT2D eigenvalue weighted by Gasteiger charge is 2.62. The fourth-order valence-electron chi connectivity index (χ4n) is 5.13. The number of carbonyl (C=O) groups is 3. The molecule has 0 heterocycles. The van der Waals surface area contributed by atoms with E-state index in [-0.39, 0.29) is 29.8 Å². The van der Waals surface area contributed by atoms with Crippen LogP contribution in [0.15, 0.2) is 34.9 Å². The molecule has 0 spiro atoms. The van der Waals surface area contributed by atoms with Crippen molar-refractivity contribution >= 4 is 17.5 Å². The van der Waals surface area contributed by atoms with Crippen molar-refractivity contribution in [3.05, 3.63) is 34.9 Å². The molecule has 1 aliphatic carbocycles. The van der Waals surface area contributed by atoms with Crippen LogP contribution in [-0.2, 0) is 19.1 Å². The maximum atomic E-state index is 14.2. The van der Waals surface area contributed by atoms with Gasteiger partial charge in [0, 0.05) is 5.92 Å². The van der Waals surface area contributed by atoms with Crippen molar-refractivity contribution < 1.29 is 19.1 Å². The normalized spacial score (nSPS) is 27.1.